The van der Waals surface area contributed by atoms with Crippen LogP contribution in [0.2, 0.25) is 0 Å². The molecule has 1 heterocycles. The molecule has 0 saturated heterocycles. The Labute approximate surface area is 343 Å². The van der Waals surface area contributed by atoms with Crippen molar-refractivity contribution in [2.75, 3.05) is 0 Å². The van der Waals surface area contributed by atoms with Gasteiger partial charge in [-0.25, -0.2) is 9.97 Å². The molecule has 0 amide bonds. The van der Waals surface area contributed by atoms with E-state index in [0.29, 0.717) is 5.82 Å². The van der Waals surface area contributed by atoms with Gasteiger partial charge in [0.15, 0.2) is 5.82 Å². The molecule has 0 unspecified atom stereocenters. The Morgan fingerprint density at radius 2 is 0.746 bits per heavy atom. The lowest BCUT2D eigenvalue weighted by molar-refractivity contribution is 0.801. The summed E-state index contributed by atoms with van der Waals surface area (Å²) in [7, 11) is 0. The summed E-state index contributed by atoms with van der Waals surface area (Å²) >= 11 is 0. The van der Waals surface area contributed by atoms with E-state index in [4.69, 9.17) is 9.97 Å². The van der Waals surface area contributed by atoms with Gasteiger partial charge in [0, 0.05) is 16.7 Å². The largest absolute Gasteiger partial charge is 0.228 e. The number of benzene rings is 9. The molecule has 1 spiro atoms. The number of rotatable bonds is 5. The molecule has 10 aromatic rings. The van der Waals surface area contributed by atoms with Crippen LogP contribution in [0.3, 0.4) is 0 Å². The molecule has 0 bridgehead atoms. The number of hydrogen-bond acceptors (Lipinski definition) is 2. The molecule has 1 aromatic heterocycles. The van der Waals surface area contributed by atoms with Gasteiger partial charge in [-0.05, 0) is 89.7 Å². The van der Waals surface area contributed by atoms with Crippen LogP contribution in [-0.2, 0) is 5.41 Å². The van der Waals surface area contributed by atoms with Crippen molar-refractivity contribution >= 4 is 10.8 Å². The lowest BCUT2D eigenvalue weighted by atomic mass is 9.69. The minimum atomic E-state index is -0.434. The van der Waals surface area contributed by atoms with Crippen molar-refractivity contribution in [1.29, 1.82) is 0 Å². The SMILES string of the molecule is c1ccc(-c2ccc(-c3cc(-c4ccccc4)nc(-c4ccc(-c5cc6ccccc6c6c5-c5ccccc5C65c6ccccc6-c6ccccc65)cc4)n3)cc2)cc1. The van der Waals surface area contributed by atoms with Gasteiger partial charge in [-0.15, -0.1) is 0 Å². The fourth-order valence-corrected chi connectivity index (χ4v) is 9.95. The Hall–Kier alpha value is -7.68. The minimum absolute atomic E-state index is 0.434. The van der Waals surface area contributed by atoms with Gasteiger partial charge in [0.25, 0.3) is 0 Å². The van der Waals surface area contributed by atoms with Crippen LogP contribution in [0.25, 0.3) is 89.2 Å². The first-order chi connectivity index (χ1) is 29.3. The maximum Gasteiger partial charge on any atom is 0.160 e. The standard InChI is InChI=1S/C57H36N2/c1-3-15-37(16-4-1)38-27-31-41(32-28-38)53-36-52(40-17-5-2-6-18-40)58-56(59-53)42-33-29-39(30-34-42)48-35-43-19-7-8-20-44(43)55-54(48)47-23-11-14-26-51(47)57(55)49-24-12-9-21-45(49)46-22-10-13-25-50(46)57/h1-36H. The summed E-state index contributed by atoms with van der Waals surface area (Å²) in [6.07, 6.45) is 0. The zero-order valence-corrected chi connectivity index (χ0v) is 32.2. The Bertz CT molecular complexity index is 3190. The van der Waals surface area contributed by atoms with Crippen molar-refractivity contribution in [3.8, 4) is 78.4 Å². The second-order valence-corrected chi connectivity index (χ2v) is 15.6. The Morgan fingerprint density at radius 1 is 0.305 bits per heavy atom. The van der Waals surface area contributed by atoms with Crippen molar-refractivity contribution in [3.05, 3.63) is 241 Å². The molecule has 59 heavy (non-hydrogen) atoms. The van der Waals surface area contributed by atoms with Crippen LogP contribution in [0.4, 0.5) is 0 Å². The molecule has 2 aliphatic carbocycles. The normalized spacial score (nSPS) is 12.9. The average Bonchev–Trinajstić information content (AvgIpc) is 3.80. The van der Waals surface area contributed by atoms with Gasteiger partial charge >= 0.3 is 0 Å². The van der Waals surface area contributed by atoms with E-state index in [0.717, 1.165) is 33.6 Å². The lowest BCUT2D eigenvalue weighted by Gasteiger charge is -2.31. The molecule has 0 saturated carbocycles. The Morgan fingerprint density at radius 3 is 1.39 bits per heavy atom. The van der Waals surface area contributed by atoms with Crippen molar-refractivity contribution in [2.45, 2.75) is 5.41 Å². The maximum absolute atomic E-state index is 5.21. The maximum atomic E-state index is 5.21. The summed E-state index contributed by atoms with van der Waals surface area (Å²) in [4.78, 5) is 10.4. The summed E-state index contributed by atoms with van der Waals surface area (Å²) in [5.74, 6) is 0.701. The van der Waals surface area contributed by atoms with E-state index in [1.165, 1.54) is 72.0 Å². The predicted octanol–water partition coefficient (Wildman–Crippen LogP) is 14.3. The van der Waals surface area contributed by atoms with Gasteiger partial charge in [-0.2, -0.15) is 0 Å². The third-order valence-corrected chi connectivity index (χ3v) is 12.5. The average molecular weight is 749 g/mol. The molecule has 9 aromatic carbocycles. The Kier molecular flexibility index (Phi) is 7.48. The first-order valence-electron chi connectivity index (χ1n) is 20.3. The first-order valence-corrected chi connectivity index (χ1v) is 20.3. The summed E-state index contributed by atoms with van der Waals surface area (Å²) in [5.41, 5.74) is 19.9. The van der Waals surface area contributed by atoms with Crippen LogP contribution in [0.1, 0.15) is 22.3 Å². The number of fused-ring (bicyclic) bond motifs is 12. The van der Waals surface area contributed by atoms with Crippen LogP contribution < -0.4 is 0 Å². The zero-order chi connectivity index (χ0) is 38.9. The van der Waals surface area contributed by atoms with Gasteiger partial charge < -0.3 is 0 Å². The van der Waals surface area contributed by atoms with Crippen molar-refractivity contribution < 1.29 is 0 Å². The van der Waals surface area contributed by atoms with Gasteiger partial charge in [0.1, 0.15) is 0 Å². The van der Waals surface area contributed by atoms with E-state index in [2.05, 4.69) is 212 Å². The second-order valence-electron chi connectivity index (χ2n) is 15.6. The molecular formula is C57H36N2. The van der Waals surface area contributed by atoms with Crippen molar-refractivity contribution in [2.24, 2.45) is 0 Å². The molecule has 0 fully saturated rings. The van der Waals surface area contributed by atoms with E-state index in [9.17, 15) is 0 Å². The van der Waals surface area contributed by atoms with Gasteiger partial charge in [-0.1, -0.05) is 206 Å². The van der Waals surface area contributed by atoms with E-state index < -0.39 is 5.41 Å². The quantitative estimate of drug-likeness (QED) is 0.175. The van der Waals surface area contributed by atoms with Crippen LogP contribution in [-0.4, -0.2) is 9.97 Å². The highest BCUT2D eigenvalue weighted by Gasteiger charge is 2.52. The summed E-state index contributed by atoms with van der Waals surface area (Å²) < 4.78 is 0. The molecule has 0 atom stereocenters. The third kappa shape index (κ3) is 5.06. The van der Waals surface area contributed by atoms with Crippen LogP contribution in [0.5, 0.6) is 0 Å². The molecule has 0 radical (unpaired) electrons. The van der Waals surface area contributed by atoms with E-state index in [1.54, 1.807) is 0 Å². The minimum Gasteiger partial charge on any atom is -0.228 e. The highest BCUT2D eigenvalue weighted by atomic mass is 14.9. The third-order valence-electron chi connectivity index (χ3n) is 12.5. The molecular weight excluding hydrogens is 713 g/mol. The van der Waals surface area contributed by atoms with E-state index in [-0.39, 0.29) is 0 Å². The fraction of sp³-hybridized carbons (Fsp3) is 0.0175. The van der Waals surface area contributed by atoms with Gasteiger partial charge in [-0.3, -0.25) is 0 Å². The predicted molar refractivity (Wildman–Crippen MR) is 243 cm³/mol. The monoisotopic (exact) mass is 748 g/mol. The first kappa shape index (κ1) is 33.5. The zero-order valence-electron chi connectivity index (χ0n) is 32.2. The van der Waals surface area contributed by atoms with Crippen molar-refractivity contribution in [3.63, 3.8) is 0 Å². The van der Waals surface area contributed by atoms with Crippen LogP contribution >= 0.6 is 0 Å². The van der Waals surface area contributed by atoms with E-state index in [1.807, 2.05) is 6.07 Å². The molecule has 2 heteroatoms. The van der Waals surface area contributed by atoms with E-state index >= 15 is 0 Å². The second kappa shape index (κ2) is 13.2. The molecule has 12 rings (SSSR count). The summed E-state index contributed by atoms with van der Waals surface area (Å²) in [6.45, 7) is 0. The number of nitrogens with zero attached hydrogens (tertiary/aromatic N) is 2. The number of aromatic nitrogens is 2. The van der Waals surface area contributed by atoms with Gasteiger partial charge in [0.2, 0.25) is 0 Å². The number of hydrogen-bond donors (Lipinski definition) is 0. The molecule has 2 aliphatic rings. The van der Waals surface area contributed by atoms with Gasteiger partial charge in [0.05, 0.1) is 16.8 Å². The van der Waals surface area contributed by atoms with Crippen molar-refractivity contribution in [1.82, 2.24) is 9.97 Å². The molecule has 0 aliphatic heterocycles. The smallest absolute Gasteiger partial charge is 0.160 e. The fourth-order valence-electron chi connectivity index (χ4n) is 9.95. The van der Waals surface area contributed by atoms with Crippen LogP contribution in [0.15, 0.2) is 218 Å². The highest BCUT2D eigenvalue weighted by molar-refractivity contribution is 6.09. The Balaban J connectivity index is 1.03. The summed E-state index contributed by atoms with van der Waals surface area (Å²) in [5, 5.41) is 2.53. The van der Waals surface area contributed by atoms with Crippen LogP contribution in [0, 0.1) is 0 Å². The highest BCUT2D eigenvalue weighted by Crippen LogP contribution is 2.65. The lowest BCUT2D eigenvalue weighted by Crippen LogP contribution is -2.26. The summed E-state index contributed by atoms with van der Waals surface area (Å²) in [6, 6.07) is 79.1. The topological polar surface area (TPSA) is 25.8 Å². The molecule has 2 nitrogen and oxygen atoms in total. The molecule has 274 valence electrons. The molecule has 0 N–H and O–H groups in total.